The summed E-state index contributed by atoms with van der Waals surface area (Å²) in [5.41, 5.74) is 2.02. The highest BCUT2D eigenvalue weighted by molar-refractivity contribution is 6.33. The van der Waals surface area contributed by atoms with Crippen molar-refractivity contribution >= 4 is 19.3 Å². The molecular weight excluding hydrogens is 141 g/mol. The Hall–Kier alpha value is -1.32. The molecule has 0 unspecified atom stereocenters. The molecule has 0 aliphatic heterocycles. The maximum absolute atomic E-state index is 10.4. The lowest BCUT2D eigenvalue weighted by Gasteiger charge is -1.98. The minimum Gasteiger partial charge on any atom is -0.478 e. The van der Waals surface area contributed by atoms with Crippen LogP contribution in [0.25, 0.3) is 0 Å². The van der Waals surface area contributed by atoms with Crippen LogP contribution < -0.4 is 5.46 Å². The maximum Gasteiger partial charge on any atom is 0.337 e. The van der Waals surface area contributed by atoms with Gasteiger partial charge in [0.2, 0.25) is 0 Å². The zero-order valence-electron chi connectivity index (χ0n) is 6.46. The van der Waals surface area contributed by atoms with Crippen LogP contribution in [0.3, 0.4) is 0 Å². The average molecular weight is 149 g/mol. The highest BCUT2D eigenvalue weighted by atomic mass is 16.4. The number of pyridine rings is 1. The number of aromatic carboxylic acids is 1. The molecule has 0 aliphatic rings. The van der Waals surface area contributed by atoms with Gasteiger partial charge in [-0.05, 0) is 6.92 Å². The van der Waals surface area contributed by atoms with Gasteiger partial charge in [0.1, 0.15) is 7.85 Å². The van der Waals surface area contributed by atoms with Gasteiger partial charge in [-0.1, -0.05) is 11.5 Å². The summed E-state index contributed by atoms with van der Waals surface area (Å²) in [6, 6.07) is 1.62. The smallest absolute Gasteiger partial charge is 0.337 e. The summed E-state index contributed by atoms with van der Waals surface area (Å²) in [5.74, 6) is -0.930. The molecule has 4 heteroatoms. The molecule has 0 fully saturated rings. The molecule has 0 atom stereocenters. The number of nitrogens with zero attached hydrogens (tertiary/aromatic N) is 1. The van der Waals surface area contributed by atoms with E-state index in [9.17, 15) is 4.79 Å². The van der Waals surface area contributed by atoms with Crippen molar-refractivity contribution in [3.8, 4) is 0 Å². The lowest BCUT2D eigenvalue weighted by molar-refractivity contribution is 0.0696. The normalized spacial score (nSPS) is 9.55. The van der Waals surface area contributed by atoms with Gasteiger partial charge in [0, 0.05) is 11.9 Å². The zero-order valence-corrected chi connectivity index (χ0v) is 6.46. The topological polar surface area (TPSA) is 50.2 Å². The maximum atomic E-state index is 10.4. The lowest BCUT2D eigenvalue weighted by Crippen LogP contribution is -2.12. The molecular formula is C7H8BNO2. The van der Waals surface area contributed by atoms with E-state index < -0.39 is 5.97 Å². The molecule has 1 N–H and O–H groups in total. The SMILES string of the molecule is Bc1cc(C(=O)O)cnc1C. The molecule has 56 valence electrons. The number of carbonyl (C=O) groups is 1. The first-order valence-electron chi connectivity index (χ1n) is 3.28. The van der Waals surface area contributed by atoms with Gasteiger partial charge in [0.25, 0.3) is 0 Å². The Bertz CT molecular complexity index is 298. The van der Waals surface area contributed by atoms with Crippen molar-refractivity contribution in [1.29, 1.82) is 0 Å². The third-order valence-electron chi connectivity index (χ3n) is 1.59. The Kier molecular flexibility index (Phi) is 1.94. The fourth-order valence-corrected chi connectivity index (χ4v) is 0.760. The standard InChI is InChI=1S/C7H8BNO2/c1-4-6(8)2-5(3-9-4)7(10)11/h2-3H,8H2,1H3,(H,10,11). The van der Waals surface area contributed by atoms with E-state index in [1.54, 1.807) is 6.07 Å². The molecule has 1 aromatic heterocycles. The van der Waals surface area contributed by atoms with Gasteiger partial charge in [0.05, 0.1) is 5.56 Å². The second-order valence-electron chi connectivity index (χ2n) is 2.43. The molecule has 3 nitrogen and oxygen atoms in total. The van der Waals surface area contributed by atoms with Crippen molar-refractivity contribution in [3.63, 3.8) is 0 Å². The lowest BCUT2D eigenvalue weighted by atomic mass is 9.93. The van der Waals surface area contributed by atoms with Gasteiger partial charge in [-0.25, -0.2) is 4.79 Å². The molecule has 0 bridgehead atoms. The Labute approximate surface area is 65.5 Å². The van der Waals surface area contributed by atoms with Crippen molar-refractivity contribution in [2.75, 3.05) is 0 Å². The molecule has 1 heterocycles. The average Bonchev–Trinajstić information content (AvgIpc) is 1.94. The van der Waals surface area contributed by atoms with E-state index in [4.69, 9.17) is 5.11 Å². The molecule has 0 aromatic carbocycles. The minimum atomic E-state index is -0.930. The number of rotatable bonds is 1. The molecule has 11 heavy (non-hydrogen) atoms. The molecule has 0 radical (unpaired) electrons. The van der Waals surface area contributed by atoms with Crippen molar-refractivity contribution in [1.82, 2.24) is 4.98 Å². The summed E-state index contributed by atoms with van der Waals surface area (Å²) in [6.07, 6.45) is 1.37. The number of aromatic nitrogens is 1. The van der Waals surface area contributed by atoms with Gasteiger partial charge in [0.15, 0.2) is 0 Å². The van der Waals surface area contributed by atoms with Gasteiger partial charge >= 0.3 is 5.97 Å². The van der Waals surface area contributed by atoms with E-state index >= 15 is 0 Å². The van der Waals surface area contributed by atoms with Crippen LogP contribution >= 0.6 is 0 Å². The largest absolute Gasteiger partial charge is 0.478 e. The zero-order chi connectivity index (χ0) is 8.43. The highest BCUT2D eigenvalue weighted by Gasteiger charge is 2.03. The monoisotopic (exact) mass is 149 g/mol. The van der Waals surface area contributed by atoms with Crippen LogP contribution in [0.2, 0.25) is 0 Å². The van der Waals surface area contributed by atoms with Crippen molar-refractivity contribution in [3.05, 3.63) is 23.5 Å². The molecule has 0 amide bonds. The van der Waals surface area contributed by atoms with Crippen molar-refractivity contribution in [2.24, 2.45) is 0 Å². The third kappa shape index (κ3) is 1.58. The van der Waals surface area contributed by atoms with Crippen LogP contribution in [-0.4, -0.2) is 23.9 Å². The second kappa shape index (κ2) is 2.74. The number of hydrogen-bond donors (Lipinski definition) is 1. The number of carboxylic acids is 1. The Morgan fingerprint density at radius 1 is 1.73 bits per heavy atom. The van der Waals surface area contributed by atoms with E-state index in [0.29, 0.717) is 0 Å². The van der Waals surface area contributed by atoms with Crippen LogP contribution in [0.5, 0.6) is 0 Å². The molecule has 1 rings (SSSR count). The summed E-state index contributed by atoms with van der Waals surface area (Å²) in [4.78, 5) is 14.3. The van der Waals surface area contributed by atoms with Gasteiger partial charge in [-0.15, -0.1) is 0 Å². The van der Waals surface area contributed by atoms with Crippen molar-refractivity contribution in [2.45, 2.75) is 6.92 Å². The van der Waals surface area contributed by atoms with E-state index in [1.165, 1.54) is 6.20 Å². The fraction of sp³-hybridized carbons (Fsp3) is 0.143. The third-order valence-corrected chi connectivity index (χ3v) is 1.59. The summed E-state index contributed by atoms with van der Waals surface area (Å²) in [7, 11) is 1.84. The van der Waals surface area contributed by atoms with Crippen LogP contribution in [0.1, 0.15) is 16.1 Å². The molecule has 0 aliphatic carbocycles. The predicted molar refractivity (Wildman–Crippen MR) is 44.1 cm³/mol. The minimum absolute atomic E-state index is 0.244. The van der Waals surface area contributed by atoms with E-state index in [2.05, 4.69) is 4.98 Å². The predicted octanol–water partition coefficient (Wildman–Crippen LogP) is -0.653. The first-order valence-corrected chi connectivity index (χ1v) is 3.28. The Morgan fingerprint density at radius 3 is 2.82 bits per heavy atom. The quantitative estimate of drug-likeness (QED) is 0.539. The Balaban J connectivity index is 3.15. The van der Waals surface area contributed by atoms with Crippen LogP contribution in [0, 0.1) is 6.92 Å². The van der Waals surface area contributed by atoms with Crippen LogP contribution in [-0.2, 0) is 0 Å². The molecule has 0 spiro atoms. The number of aryl methyl sites for hydroxylation is 1. The number of hydrogen-bond acceptors (Lipinski definition) is 2. The van der Waals surface area contributed by atoms with Crippen molar-refractivity contribution < 1.29 is 9.90 Å². The highest BCUT2D eigenvalue weighted by Crippen LogP contribution is 1.95. The van der Waals surface area contributed by atoms with Crippen LogP contribution in [0.15, 0.2) is 12.3 Å². The van der Waals surface area contributed by atoms with E-state index in [-0.39, 0.29) is 5.56 Å². The first-order chi connectivity index (χ1) is 5.11. The molecule has 1 aromatic rings. The second-order valence-corrected chi connectivity index (χ2v) is 2.43. The summed E-state index contributed by atoms with van der Waals surface area (Å²) in [5, 5.41) is 8.56. The molecule has 0 saturated heterocycles. The fourth-order valence-electron chi connectivity index (χ4n) is 0.760. The summed E-state index contributed by atoms with van der Waals surface area (Å²) in [6.45, 7) is 1.85. The summed E-state index contributed by atoms with van der Waals surface area (Å²) < 4.78 is 0. The van der Waals surface area contributed by atoms with E-state index in [1.807, 2.05) is 14.8 Å². The van der Waals surface area contributed by atoms with Gasteiger partial charge < -0.3 is 5.11 Å². The van der Waals surface area contributed by atoms with E-state index in [0.717, 1.165) is 11.2 Å². The van der Waals surface area contributed by atoms with Crippen LogP contribution in [0.4, 0.5) is 0 Å². The van der Waals surface area contributed by atoms with Gasteiger partial charge in [-0.2, -0.15) is 0 Å². The Morgan fingerprint density at radius 2 is 2.36 bits per heavy atom. The van der Waals surface area contributed by atoms with Gasteiger partial charge in [-0.3, -0.25) is 4.98 Å². The summed E-state index contributed by atoms with van der Waals surface area (Å²) >= 11 is 0. The first kappa shape index (κ1) is 7.79. The number of carboxylic acid groups (broad SMARTS) is 1. The molecule has 0 saturated carbocycles.